The molecule has 0 spiro atoms. The summed E-state index contributed by atoms with van der Waals surface area (Å²) in [4.78, 5) is 29.8. The van der Waals surface area contributed by atoms with Gasteiger partial charge in [0.1, 0.15) is 11.6 Å². The molecule has 0 fully saturated rings. The average Bonchev–Trinajstić information content (AvgIpc) is 3.02. The minimum absolute atomic E-state index is 0.306. The summed E-state index contributed by atoms with van der Waals surface area (Å²) in [5.41, 5.74) is 1.23. The SMILES string of the molecule is CCCOc1ccc(/C=C/c2nc3c(c(=O)n(CC)c(=O)n3CC)n2C)cc1. The highest BCUT2D eigenvalue weighted by atomic mass is 16.5. The van der Waals surface area contributed by atoms with Gasteiger partial charge >= 0.3 is 5.69 Å². The van der Waals surface area contributed by atoms with Gasteiger partial charge in [-0.2, -0.15) is 0 Å². The molecule has 0 aliphatic carbocycles. The third-order valence-corrected chi connectivity index (χ3v) is 4.69. The zero-order valence-corrected chi connectivity index (χ0v) is 16.8. The lowest BCUT2D eigenvalue weighted by Gasteiger charge is -2.08. The van der Waals surface area contributed by atoms with Crippen molar-refractivity contribution in [2.45, 2.75) is 40.3 Å². The van der Waals surface area contributed by atoms with Crippen molar-refractivity contribution in [2.24, 2.45) is 7.05 Å². The van der Waals surface area contributed by atoms with E-state index in [1.165, 1.54) is 9.13 Å². The van der Waals surface area contributed by atoms with Crippen molar-refractivity contribution >= 4 is 23.3 Å². The van der Waals surface area contributed by atoms with Gasteiger partial charge in [-0.1, -0.05) is 25.1 Å². The van der Waals surface area contributed by atoms with E-state index in [4.69, 9.17) is 4.74 Å². The Labute approximate surface area is 163 Å². The van der Waals surface area contributed by atoms with E-state index in [0.29, 0.717) is 36.7 Å². The van der Waals surface area contributed by atoms with Crippen LogP contribution in [0.4, 0.5) is 0 Å². The second kappa shape index (κ2) is 8.29. The van der Waals surface area contributed by atoms with E-state index in [1.807, 2.05) is 43.3 Å². The molecule has 0 N–H and O–H groups in total. The number of hydrogen-bond acceptors (Lipinski definition) is 4. The van der Waals surface area contributed by atoms with E-state index < -0.39 is 0 Å². The zero-order chi connectivity index (χ0) is 20.3. The molecule has 0 atom stereocenters. The summed E-state index contributed by atoms with van der Waals surface area (Å²) in [6, 6.07) is 7.80. The van der Waals surface area contributed by atoms with Gasteiger partial charge in [-0.15, -0.1) is 0 Å². The molecule has 7 nitrogen and oxygen atoms in total. The van der Waals surface area contributed by atoms with Crippen molar-refractivity contribution < 1.29 is 4.74 Å². The number of aromatic nitrogens is 4. The van der Waals surface area contributed by atoms with Crippen LogP contribution in [0.5, 0.6) is 5.75 Å². The Bertz CT molecular complexity index is 1120. The molecule has 28 heavy (non-hydrogen) atoms. The number of aryl methyl sites for hydroxylation is 2. The van der Waals surface area contributed by atoms with Gasteiger partial charge in [-0.05, 0) is 44.0 Å². The molecule has 0 aliphatic rings. The fraction of sp³-hybridized carbons (Fsp3) is 0.381. The van der Waals surface area contributed by atoms with E-state index in [0.717, 1.165) is 17.7 Å². The molecule has 2 aromatic heterocycles. The number of hydrogen-bond donors (Lipinski definition) is 0. The first-order valence-electron chi connectivity index (χ1n) is 9.62. The maximum atomic E-state index is 12.7. The molecule has 0 saturated heterocycles. The lowest BCUT2D eigenvalue weighted by Crippen LogP contribution is -2.39. The number of ether oxygens (including phenoxy) is 1. The van der Waals surface area contributed by atoms with Crippen LogP contribution in [-0.4, -0.2) is 25.3 Å². The van der Waals surface area contributed by atoms with E-state index >= 15 is 0 Å². The monoisotopic (exact) mass is 382 g/mol. The Morgan fingerprint density at radius 3 is 2.29 bits per heavy atom. The molecule has 0 amide bonds. The highest BCUT2D eigenvalue weighted by Gasteiger charge is 2.17. The summed E-state index contributed by atoms with van der Waals surface area (Å²) in [7, 11) is 1.79. The van der Waals surface area contributed by atoms with Crippen molar-refractivity contribution in [3.63, 3.8) is 0 Å². The third kappa shape index (κ3) is 3.52. The average molecular weight is 382 g/mol. The second-order valence-electron chi connectivity index (χ2n) is 6.53. The number of nitrogens with zero attached hydrogens (tertiary/aromatic N) is 4. The van der Waals surface area contributed by atoms with Gasteiger partial charge in [-0.25, -0.2) is 9.78 Å². The Balaban J connectivity index is 2.01. The van der Waals surface area contributed by atoms with Crippen molar-refractivity contribution in [3.8, 4) is 5.75 Å². The Morgan fingerprint density at radius 2 is 1.68 bits per heavy atom. The molecule has 3 aromatic rings. The smallest absolute Gasteiger partial charge is 0.332 e. The van der Waals surface area contributed by atoms with Crippen LogP contribution in [0.15, 0.2) is 33.9 Å². The van der Waals surface area contributed by atoms with Crippen LogP contribution in [0, 0.1) is 0 Å². The van der Waals surface area contributed by atoms with Crippen LogP contribution >= 0.6 is 0 Å². The normalized spacial score (nSPS) is 11.6. The number of fused-ring (bicyclic) bond motifs is 1. The third-order valence-electron chi connectivity index (χ3n) is 4.69. The first-order valence-corrected chi connectivity index (χ1v) is 9.62. The van der Waals surface area contributed by atoms with Gasteiger partial charge in [0.25, 0.3) is 5.56 Å². The summed E-state index contributed by atoms with van der Waals surface area (Å²) < 4.78 is 10.1. The predicted octanol–water partition coefficient (Wildman–Crippen LogP) is 2.90. The highest BCUT2D eigenvalue weighted by Crippen LogP contribution is 2.16. The summed E-state index contributed by atoms with van der Waals surface area (Å²) in [5.74, 6) is 1.46. The van der Waals surface area contributed by atoms with Crippen LogP contribution in [0.25, 0.3) is 23.3 Å². The molecular formula is C21H26N4O3. The molecule has 7 heteroatoms. The largest absolute Gasteiger partial charge is 0.494 e. The van der Waals surface area contributed by atoms with Crippen LogP contribution in [0.3, 0.4) is 0 Å². The van der Waals surface area contributed by atoms with E-state index in [-0.39, 0.29) is 11.2 Å². The van der Waals surface area contributed by atoms with Crippen molar-refractivity contribution in [1.82, 2.24) is 18.7 Å². The van der Waals surface area contributed by atoms with Crippen molar-refractivity contribution in [1.29, 1.82) is 0 Å². The molecule has 3 rings (SSSR count). The van der Waals surface area contributed by atoms with E-state index in [2.05, 4.69) is 11.9 Å². The lowest BCUT2D eigenvalue weighted by molar-refractivity contribution is 0.317. The highest BCUT2D eigenvalue weighted by molar-refractivity contribution is 5.76. The standard InChI is InChI=1S/C21H26N4O3/c1-5-14-28-16-11-8-15(9-12-16)10-13-17-22-19-18(23(17)4)20(26)25(7-3)21(27)24(19)6-2/h8-13H,5-7,14H2,1-4H3/b13-10+. The fourth-order valence-electron chi connectivity index (χ4n) is 3.16. The minimum Gasteiger partial charge on any atom is -0.494 e. The molecular weight excluding hydrogens is 356 g/mol. The van der Waals surface area contributed by atoms with Gasteiger partial charge < -0.3 is 9.30 Å². The first-order chi connectivity index (χ1) is 13.5. The molecule has 0 aliphatic heterocycles. The van der Waals surface area contributed by atoms with Gasteiger partial charge in [0.15, 0.2) is 11.2 Å². The molecule has 2 heterocycles. The molecule has 0 bridgehead atoms. The maximum absolute atomic E-state index is 12.7. The number of rotatable bonds is 7. The quantitative estimate of drug-likeness (QED) is 0.630. The zero-order valence-electron chi connectivity index (χ0n) is 16.8. The molecule has 0 unspecified atom stereocenters. The van der Waals surface area contributed by atoms with Crippen molar-refractivity contribution in [3.05, 3.63) is 56.5 Å². The van der Waals surface area contributed by atoms with Crippen LogP contribution in [-0.2, 0) is 20.1 Å². The lowest BCUT2D eigenvalue weighted by atomic mass is 10.2. The van der Waals surface area contributed by atoms with E-state index in [9.17, 15) is 9.59 Å². The van der Waals surface area contributed by atoms with Gasteiger partial charge in [0, 0.05) is 20.1 Å². The summed E-state index contributed by atoms with van der Waals surface area (Å²) in [5, 5.41) is 0. The molecule has 0 radical (unpaired) electrons. The summed E-state index contributed by atoms with van der Waals surface area (Å²) >= 11 is 0. The van der Waals surface area contributed by atoms with Crippen LogP contribution in [0.2, 0.25) is 0 Å². The number of benzene rings is 1. The van der Waals surface area contributed by atoms with Crippen molar-refractivity contribution in [2.75, 3.05) is 6.61 Å². The second-order valence-corrected chi connectivity index (χ2v) is 6.53. The topological polar surface area (TPSA) is 71.1 Å². The molecule has 1 aromatic carbocycles. The summed E-state index contributed by atoms with van der Waals surface area (Å²) in [6.07, 6.45) is 4.75. The Morgan fingerprint density at radius 1 is 1.00 bits per heavy atom. The fourth-order valence-corrected chi connectivity index (χ4v) is 3.16. The summed E-state index contributed by atoms with van der Waals surface area (Å²) in [6.45, 7) is 7.22. The maximum Gasteiger partial charge on any atom is 0.332 e. The Hall–Kier alpha value is -3.09. The number of imidazole rings is 1. The predicted molar refractivity (Wildman–Crippen MR) is 112 cm³/mol. The molecule has 0 saturated carbocycles. The minimum atomic E-state index is -0.321. The molecule has 148 valence electrons. The van der Waals surface area contributed by atoms with Gasteiger partial charge in [0.05, 0.1) is 6.61 Å². The van der Waals surface area contributed by atoms with E-state index in [1.54, 1.807) is 18.5 Å². The van der Waals surface area contributed by atoms with Gasteiger partial charge in [0.2, 0.25) is 0 Å². The van der Waals surface area contributed by atoms with Gasteiger partial charge in [-0.3, -0.25) is 13.9 Å². The van der Waals surface area contributed by atoms with Crippen LogP contribution in [0.1, 0.15) is 38.6 Å². The first kappa shape index (κ1) is 19.7. The Kier molecular flexibility index (Phi) is 5.82. The van der Waals surface area contributed by atoms with Crippen LogP contribution < -0.4 is 16.0 Å².